The molecule has 0 spiro atoms. The van der Waals surface area contributed by atoms with E-state index in [4.69, 9.17) is 5.21 Å². The molecule has 1 aliphatic heterocycles. The number of nitrogens with zero attached hydrogens (tertiary/aromatic N) is 5. The van der Waals surface area contributed by atoms with Crippen molar-refractivity contribution in [1.29, 1.82) is 0 Å². The van der Waals surface area contributed by atoms with Gasteiger partial charge in [-0.1, -0.05) is 87.4 Å². The second kappa shape index (κ2) is 17.4. The fourth-order valence-corrected chi connectivity index (χ4v) is 7.69. The van der Waals surface area contributed by atoms with Crippen molar-refractivity contribution >= 4 is 39.8 Å². The molecule has 0 saturated carbocycles. The molecule has 3 aromatic rings. The molecule has 4 rings (SSSR count). The Labute approximate surface area is 302 Å². The molecule has 52 heavy (non-hydrogen) atoms. The van der Waals surface area contributed by atoms with Crippen molar-refractivity contribution in [2.24, 2.45) is 17.0 Å². The van der Waals surface area contributed by atoms with Crippen LogP contribution < -0.4 is 5.32 Å². The lowest BCUT2D eigenvalue weighted by atomic mass is 9.97. The molecule has 3 aromatic carbocycles. The highest BCUT2D eigenvalue weighted by atomic mass is 32.2. The Morgan fingerprint density at radius 1 is 1.00 bits per heavy atom. The number of amides is 4. The third-order valence-electron chi connectivity index (χ3n) is 8.56. The van der Waals surface area contributed by atoms with E-state index in [1.54, 1.807) is 44.2 Å². The van der Waals surface area contributed by atoms with Gasteiger partial charge in [0.25, 0.3) is 11.6 Å². The fraction of sp³-hybridized carbons (Fsp3) is 0.389. The number of nitro benzene ring substituents is 1. The zero-order valence-electron chi connectivity index (χ0n) is 29.4. The molecule has 1 fully saturated rings. The minimum absolute atomic E-state index is 0.0363. The van der Waals surface area contributed by atoms with Crippen molar-refractivity contribution in [1.82, 2.24) is 19.4 Å². The van der Waals surface area contributed by atoms with Crippen LogP contribution in [-0.2, 0) is 32.6 Å². The molecule has 0 aliphatic carbocycles. The van der Waals surface area contributed by atoms with Crippen LogP contribution in [0.2, 0.25) is 0 Å². The number of benzene rings is 3. The topological polar surface area (TPSA) is 203 Å². The molecule has 0 bridgehead atoms. The van der Waals surface area contributed by atoms with Gasteiger partial charge in [0.1, 0.15) is 12.6 Å². The number of hydrogen-bond donors (Lipinski definition) is 3. The SMILES string of the molecule is CC(C)CN(C[C@@H](O)[C@H](Cc1ccccc1)NC(=O)C(C(C)C)N1CC(=O)N(Cc2cccc([N+](=O)[O-])c2)C1=O)S(=O)(=O)c1ccc(/C=N/O)cc1. The number of non-ortho nitro benzene ring substituents is 1. The fourth-order valence-electron chi connectivity index (χ4n) is 6.06. The van der Waals surface area contributed by atoms with Crippen molar-refractivity contribution in [3.05, 3.63) is 106 Å². The number of aliphatic hydroxyl groups is 1. The number of hydrogen-bond acceptors (Lipinski definition) is 10. The normalized spacial score (nSPS) is 15.5. The van der Waals surface area contributed by atoms with Crippen LogP contribution in [0.15, 0.2) is 88.9 Å². The highest BCUT2D eigenvalue weighted by molar-refractivity contribution is 7.89. The maximum absolute atomic E-state index is 14.1. The zero-order chi connectivity index (χ0) is 38.2. The van der Waals surface area contributed by atoms with Crippen LogP contribution in [0.25, 0.3) is 0 Å². The number of rotatable bonds is 17. The van der Waals surface area contributed by atoms with Crippen LogP contribution >= 0.6 is 0 Å². The molecule has 0 radical (unpaired) electrons. The van der Waals surface area contributed by atoms with Gasteiger partial charge in [-0.25, -0.2) is 13.2 Å². The minimum Gasteiger partial charge on any atom is -0.411 e. The monoisotopic (exact) mass is 736 g/mol. The van der Waals surface area contributed by atoms with Gasteiger partial charge in [0, 0.05) is 25.2 Å². The van der Waals surface area contributed by atoms with Gasteiger partial charge in [0.05, 0.1) is 34.7 Å². The molecule has 1 aliphatic rings. The Bertz CT molecular complexity index is 1870. The standard InChI is InChI=1S/C36H44N6O9S/c1-24(2)20-39(52(50,51)30-15-13-27(14-16-30)19-37-47)22-32(43)31(18-26-9-6-5-7-10-26)38-35(45)34(25(3)4)41-23-33(44)40(36(41)46)21-28-11-8-12-29(17-28)42(48)49/h5-17,19,24-25,31-32,34,43,47H,18,20-23H2,1-4H3,(H,38,45)/b37-19+/t31-,32+,34?/m0/s1. The summed E-state index contributed by atoms with van der Waals surface area (Å²) in [5.74, 6) is -1.84. The van der Waals surface area contributed by atoms with Gasteiger partial charge in [-0.3, -0.25) is 24.6 Å². The molecule has 1 heterocycles. The van der Waals surface area contributed by atoms with Crippen LogP contribution in [0, 0.1) is 22.0 Å². The van der Waals surface area contributed by atoms with E-state index in [0.29, 0.717) is 11.1 Å². The summed E-state index contributed by atoms with van der Waals surface area (Å²) in [6.45, 7) is 6.15. The second-order valence-corrected chi connectivity index (χ2v) is 15.3. The highest BCUT2D eigenvalue weighted by Crippen LogP contribution is 2.24. The molecule has 1 saturated heterocycles. The molecule has 3 atom stereocenters. The number of nitro groups is 1. The molecule has 16 heteroatoms. The maximum atomic E-state index is 14.1. The lowest BCUT2D eigenvalue weighted by molar-refractivity contribution is -0.384. The largest absolute Gasteiger partial charge is 0.411 e. The van der Waals surface area contributed by atoms with Crippen LogP contribution in [0.1, 0.15) is 44.4 Å². The minimum atomic E-state index is -4.13. The van der Waals surface area contributed by atoms with Crippen molar-refractivity contribution < 1.29 is 38.0 Å². The third kappa shape index (κ3) is 9.77. The van der Waals surface area contributed by atoms with Gasteiger partial charge in [-0.15, -0.1) is 0 Å². The quantitative estimate of drug-likeness (QED) is 0.0608. The van der Waals surface area contributed by atoms with Crippen LogP contribution in [0.3, 0.4) is 0 Å². The number of sulfonamides is 1. The lowest BCUT2D eigenvalue weighted by Gasteiger charge is -2.34. The van der Waals surface area contributed by atoms with Gasteiger partial charge in [0.15, 0.2) is 0 Å². The summed E-state index contributed by atoms with van der Waals surface area (Å²) in [6.07, 6.45) is -0.129. The Balaban J connectivity index is 1.59. The Morgan fingerprint density at radius 3 is 2.25 bits per heavy atom. The molecule has 1 unspecified atom stereocenters. The molecular weight excluding hydrogens is 692 g/mol. The van der Waals surface area contributed by atoms with Crippen LogP contribution in [-0.4, -0.2) is 99.6 Å². The van der Waals surface area contributed by atoms with E-state index >= 15 is 0 Å². The van der Waals surface area contributed by atoms with E-state index in [-0.39, 0.29) is 42.6 Å². The van der Waals surface area contributed by atoms with Crippen molar-refractivity contribution in [2.45, 2.75) is 63.7 Å². The maximum Gasteiger partial charge on any atom is 0.328 e. The van der Waals surface area contributed by atoms with E-state index in [1.807, 2.05) is 19.9 Å². The zero-order valence-corrected chi connectivity index (χ0v) is 30.2. The molecule has 4 amide bonds. The number of aliphatic hydroxyl groups excluding tert-OH is 1. The second-order valence-electron chi connectivity index (χ2n) is 13.4. The Kier molecular flexibility index (Phi) is 13.2. The summed E-state index contributed by atoms with van der Waals surface area (Å²) in [5, 5.41) is 37.6. The molecule has 15 nitrogen and oxygen atoms in total. The average molecular weight is 737 g/mol. The first-order valence-corrected chi connectivity index (χ1v) is 18.2. The predicted octanol–water partition coefficient (Wildman–Crippen LogP) is 3.63. The number of urea groups is 1. The number of nitrogens with one attached hydrogen (secondary N) is 1. The Hall–Kier alpha value is -5.19. The lowest BCUT2D eigenvalue weighted by Crippen LogP contribution is -2.57. The van der Waals surface area contributed by atoms with Crippen molar-refractivity contribution in [2.75, 3.05) is 19.6 Å². The smallest absolute Gasteiger partial charge is 0.328 e. The number of carbonyl (C=O) groups excluding carboxylic acids is 3. The Morgan fingerprint density at radius 2 is 1.65 bits per heavy atom. The average Bonchev–Trinajstić information content (AvgIpc) is 3.36. The summed E-state index contributed by atoms with van der Waals surface area (Å²) in [7, 11) is -4.13. The summed E-state index contributed by atoms with van der Waals surface area (Å²) in [6, 6.07) is 17.4. The van der Waals surface area contributed by atoms with Crippen LogP contribution in [0.4, 0.5) is 10.5 Å². The predicted molar refractivity (Wildman–Crippen MR) is 192 cm³/mol. The van der Waals surface area contributed by atoms with Gasteiger partial charge in [-0.2, -0.15) is 4.31 Å². The van der Waals surface area contributed by atoms with Crippen molar-refractivity contribution in [3.8, 4) is 0 Å². The first-order chi connectivity index (χ1) is 24.6. The molecule has 3 N–H and O–H groups in total. The van der Waals surface area contributed by atoms with Gasteiger partial charge in [0.2, 0.25) is 15.9 Å². The first-order valence-electron chi connectivity index (χ1n) is 16.8. The van der Waals surface area contributed by atoms with E-state index in [2.05, 4.69) is 10.5 Å². The molecule has 278 valence electrons. The summed E-state index contributed by atoms with van der Waals surface area (Å²) in [4.78, 5) is 53.5. The number of oxime groups is 1. The van der Waals surface area contributed by atoms with Gasteiger partial charge < -0.3 is 20.5 Å². The van der Waals surface area contributed by atoms with Gasteiger partial charge in [-0.05, 0) is 47.1 Å². The third-order valence-corrected chi connectivity index (χ3v) is 10.4. The van der Waals surface area contributed by atoms with Gasteiger partial charge >= 0.3 is 6.03 Å². The number of carbonyl (C=O) groups is 3. The van der Waals surface area contributed by atoms with Crippen molar-refractivity contribution in [3.63, 3.8) is 0 Å². The van der Waals surface area contributed by atoms with E-state index < -0.39 is 63.4 Å². The summed E-state index contributed by atoms with van der Waals surface area (Å²) < 4.78 is 28.9. The summed E-state index contributed by atoms with van der Waals surface area (Å²) in [5.41, 5.74) is 1.40. The van der Waals surface area contributed by atoms with E-state index in [9.17, 15) is 38.0 Å². The van der Waals surface area contributed by atoms with E-state index in [0.717, 1.165) is 25.9 Å². The highest BCUT2D eigenvalue weighted by Gasteiger charge is 2.44. The van der Waals surface area contributed by atoms with Crippen LogP contribution in [0.5, 0.6) is 0 Å². The molecule has 0 aromatic heterocycles. The van der Waals surface area contributed by atoms with E-state index in [1.165, 1.54) is 42.5 Å². The first kappa shape index (κ1) is 39.6. The molecular formula is C36H44N6O9S. The summed E-state index contributed by atoms with van der Waals surface area (Å²) >= 11 is 0. The number of imide groups is 1.